The smallest absolute Gasteiger partial charge is 0.239 e. The van der Waals surface area contributed by atoms with Gasteiger partial charge in [0.1, 0.15) is 5.82 Å². The first kappa shape index (κ1) is 17.2. The van der Waals surface area contributed by atoms with Crippen LogP contribution < -0.4 is 5.32 Å². The standard InChI is InChI=1S/C14H19Cl2FN2O/c1-5-19(4)14(20)9(3)18-8(2)10-6-13(17)12(16)7-11(10)15/h6-9,18H,5H2,1-4H3. The van der Waals surface area contributed by atoms with E-state index >= 15 is 0 Å². The van der Waals surface area contributed by atoms with Crippen LogP contribution in [0.1, 0.15) is 32.4 Å². The van der Waals surface area contributed by atoms with Crippen molar-refractivity contribution in [2.24, 2.45) is 0 Å². The zero-order valence-corrected chi connectivity index (χ0v) is 13.5. The number of amides is 1. The molecule has 0 fully saturated rings. The molecule has 1 aromatic rings. The van der Waals surface area contributed by atoms with E-state index in [9.17, 15) is 9.18 Å². The second kappa shape index (κ2) is 7.25. The maximum Gasteiger partial charge on any atom is 0.239 e. The van der Waals surface area contributed by atoms with Gasteiger partial charge >= 0.3 is 0 Å². The molecule has 0 saturated heterocycles. The minimum atomic E-state index is -0.524. The van der Waals surface area contributed by atoms with E-state index in [2.05, 4.69) is 5.32 Å². The molecule has 112 valence electrons. The van der Waals surface area contributed by atoms with Gasteiger partial charge in [-0.1, -0.05) is 23.2 Å². The number of hydrogen-bond acceptors (Lipinski definition) is 2. The normalized spacial score (nSPS) is 13.9. The van der Waals surface area contributed by atoms with Crippen LogP contribution in [-0.2, 0) is 4.79 Å². The Morgan fingerprint density at radius 1 is 1.35 bits per heavy atom. The van der Waals surface area contributed by atoms with Crippen molar-refractivity contribution in [3.63, 3.8) is 0 Å². The molecule has 0 aliphatic heterocycles. The fraction of sp³-hybridized carbons (Fsp3) is 0.500. The first-order valence-electron chi connectivity index (χ1n) is 6.43. The first-order chi connectivity index (χ1) is 9.27. The lowest BCUT2D eigenvalue weighted by atomic mass is 10.1. The number of nitrogens with one attached hydrogen (secondary N) is 1. The number of benzene rings is 1. The van der Waals surface area contributed by atoms with Gasteiger partial charge in [0.15, 0.2) is 0 Å². The van der Waals surface area contributed by atoms with Crippen LogP contribution in [0.5, 0.6) is 0 Å². The largest absolute Gasteiger partial charge is 0.345 e. The van der Waals surface area contributed by atoms with E-state index in [1.165, 1.54) is 12.1 Å². The number of carbonyl (C=O) groups excluding carboxylic acids is 1. The van der Waals surface area contributed by atoms with Crippen molar-refractivity contribution < 1.29 is 9.18 Å². The van der Waals surface area contributed by atoms with E-state index in [4.69, 9.17) is 23.2 Å². The van der Waals surface area contributed by atoms with Crippen LogP contribution in [0.4, 0.5) is 4.39 Å². The fourth-order valence-corrected chi connectivity index (χ4v) is 2.44. The summed E-state index contributed by atoms with van der Waals surface area (Å²) in [5, 5.41) is 3.47. The summed E-state index contributed by atoms with van der Waals surface area (Å²) in [7, 11) is 1.74. The van der Waals surface area contributed by atoms with Crippen molar-refractivity contribution in [2.45, 2.75) is 32.9 Å². The molecule has 0 aromatic heterocycles. The molecule has 0 aliphatic carbocycles. The highest BCUT2D eigenvalue weighted by molar-refractivity contribution is 6.35. The topological polar surface area (TPSA) is 32.3 Å². The number of rotatable bonds is 5. The fourth-order valence-electron chi connectivity index (χ4n) is 1.89. The van der Waals surface area contributed by atoms with Crippen LogP contribution in [0.3, 0.4) is 0 Å². The van der Waals surface area contributed by atoms with E-state index in [0.29, 0.717) is 17.1 Å². The van der Waals surface area contributed by atoms with Crippen LogP contribution >= 0.6 is 23.2 Å². The van der Waals surface area contributed by atoms with E-state index in [1.54, 1.807) is 18.9 Å². The van der Waals surface area contributed by atoms with Gasteiger partial charge in [0, 0.05) is 24.7 Å². The molecule has 1 amide bonds. The van der Waals surface area contributed by atoms with Crippen molar-refractivity contribution >= 4 is 29.1 Å². The minimum Gasteiger partial charge on any atom is -0.345 e. The Kier molecular flexibility index (Phi) is 6.24. The predicted octanol–water partition coefficient (Wildman–Crippen LogP) is 3.65. The predicted molar refractivity (Wildman–Crippen MR) is 80.7 cm³/mol. The molecule has 6 heteroatoms. The molecule has 0 bridgehead atoms. The Balaban J connectivity index is 2.84. The summed E-state index contributed by atoms with van der Waals surface area (Å²) in [6.45, 7) is 6.13. The molecule has 0 spiro atoms. The summed E-state index contributed by atoms with van der Waals surface area (Å²) in [6, 6.07) is 2.02. The molecule has 0 radical (unpaired) electrons. The van der Waals surface area contributed by atoms with Crippen LogP contribution in [0.2, 0.25) is 10.0 Å². The Bertz CT molecular complexity index is 496. The molecule has 2 atom stereocenters. The van der Waals surface area contributed by atoms with Crippen LogP contribution in [-0.4, -0.2) is 30.4 Å². The molecule has 1 N–H and O–H groups in total. The lowest BCUT2D eigenvalue weighted by molar-refractivity contribution is -0.131. The molecular formula is C14H19Cl2FN2O. The van der Waals surface area contributed by atoms with E-state index in [0.717, 1.165) is 0 Å². The van der Waals surface area contributed by atoms with Crippen LogP contribution in [0.25, 0.3) is 0 Å². The molecule has 20 heavy (non-hydrogen) atoms. The van der Waals surface area contributed by atoms with Gasteiger partial charge in [0.25, 0.3) is 0 Å². The third-order valence-electron chi connectivity index (χ3n) is 3.23. The SMILES string of the molecule is CCN(C)C(=O)C(C)NC(C)c1cc(F)c(Cl)cc1Cl. The third kappa shape index (κ3) is 4.08. The summed E-state index contributed by atoms with van der Waals surface area (Å²) in [4.78, 5) is 13.6. The number of carbonyl (C=O) groups is 1. The molecule has 0 aliphatic rings. The average Bonchev–Trinajstić information content (AvgIpc) is 2.40. The Hall–Kier alpha value is -0.840. The second-order valence-electron chi connectivity index (χ2n) is 4.75. The minimum absolute atomic E-state index is 0.0132. The average molecular weight is 321 g/mol. The molecule has 1 aromatic carbocycles. The van der Waals surface area contributed by atoms with Gasteiger partial charge in [-0.15, -0.1) is 0 Å². The summed E-state index contributed by atoms with van der Waals surface area (Å²) >= 11 is 11.7. The number of nitrogens with zero attached hydrogens (tertiary/aromatic N) is 1. The monoisotopic (exact) mass is 320 g/mol. The van der Waals surface area contributed by atoms with Crippen molar-refractivity contribution in [1.29, 1.82) is 0 Å². The van der Waals surface area contributed by atoms with Gasteiger partial charge in [-0.05, 0) is 38.5 Å². The highest BCUT2D eigenvalue weighted by atomic mass is 35.5. The van der Waals surface area contributed by atoms with Gasteiger partial charge in [-0.3, -0.25) is 10.1 Å². The van der Waals surface area contributed by atoms with E-state index in [-0.39, 0.29) is 23.0 Å². The summed E-state index contributed by atoms with van der Waals surface area (Å²) in [5.41, 5.74) is 0.576. The summed E-state index contributed by atoms with van der Waals surface area (Å²) < 4.78 is 13.5. The Labute approximate surface area is 129 Å². The summed E-state index contributed by atoms with van der Waals surface area (Å²) in [5.74, 6) is -0.547. The molecule has 1 rings (SSSR count). The Morgan fingerprint density at radius 3 is 2.50 bits per heavy atom. The van der Waals surface area contributed by atoms with Crippen molar-refractivity contribution in [2.75, 3.05) is 13.6 Å². The van der Waals surface area contributed by atoms with Crippen molar-refractivity contribution in [1.82, 2.24) is 10.2 Å². The van der Waals surface area contributed by atoms with E-state index < -0.39 is 5.82 Å². The van der Waals surface area contributed by atoms with Gasteiger partial charge in [-0.25, -0.2) is 4.39 Å². The van der Waals surface area contributed by atoms with Gasteiger partial charge in [0.2, 0.25) is 5.91 Å². The van der Waals surface area contributed by atoms with Crippen LogP contribution in [0.15, 0.2) is 12.1 Å². The quantitative estimate of drug-likeness (QED) is 0.840. The molecule has 3 nitrogen and oxygen atoms in total. The van der Waals surface area contributed by atoms with Gasteiger partial charge in [-0.2, -0.15) is 0 Å². The van der Waals surface area contributed by atoms with Crippen LogP contribution in [0, 0.1) is 5.82 Å². The highest BCUT2D eigenvalue weighted by Gasteiger charge is 2.20. The summed E-state index contributed by atoms with van der Waals surface area (Å²) in [6.07, 6.45) is 0. The number of halogens is 3. The zero-order chi connectivity index (χ0) is 15.4. The number of likely N-dealkylation sites (N-methyl/N-ethyl adjacent to an activating group) is 1. The van der Waals surface area contributed by atoms with Crippen molar-refractivity contribution in [3.8, 4) is 0 Å². The molecule has 0 heterocycles. The third-order valence-corrected chi connectivity index (χ3v) is 3.84. The highest BCUT2D eigenvalue weighted by Crippen LogP contribution is 2.28. The van der Waals surface area contributed by atoms with Gasteiger partial charge < -0.3 is 4.90 Å². The number of hydrogen-bond donors (Lipinski definition) is 1. The second-order valence-corrected chi connectivity index (χ2v) is 5.56. The first-order valence-corrected chi connectivity index (χ1v) is 7.19. The molecule has 2 unspecified atom stereocenters. The maximum absolute atomic E-state index is 13.5. The molecular weight excluding hydrogens is 302 g/mol. The lowest BCUT2D eigenvalue weighted by Crippen LogP contribution is -2.43. The van der Waals surface area contributed by atoms with Gasteiger partial charge in [0.05, 0.1) is 11.1 Å². The Morgan fingerprint density at radius 2 is 1.95 bits per heavy atom. The maximum atomic E-state index is 13.5. The zero-order valence-electron chi connectivity index (χ0n) is 12.0. The van der Waals surface area contributed by atoms with Crippen molar-refractivity contribution in [3.05, 3.63) is 33.6 Å². The molecule has 0 saturated carbocycles. The van der Waals surface area contributed by atoms with E-state index in [1.807, 2.05) is 13.8 Å². The lowest BCUT2D eigenvalue weighted by Gasteiger charge is -2.24.